The third-order valence-electron chi connectivity index (χ3n) is 3.46. The molecule has 0 fully saturated rings. The number of carbonyl (C=O) groups excluding carboxylic acids is 1. The summed E-state index contributed by atoms with van der Waals surface area (Å²) in [6.45, 7) is 5.75. The van der Waals surface area contributed by atoms with Crippen LogP contribution in [-0.4, -0.2) is 61.9 Å². The third-order valence-corrected chi connectivity index (χ3v) is 3.92. The fourth-order valence-electron chi connectivity index (χ4n) is 2.08. The summed E-state index contributed by atoms with van der Waals surface area (Å²) in [4.78, 5) is 29.3. The van der Waals surface area contributed by atoms with Crippen molar-refractivity contribution in [3.63, 3.8) is 0 Å². The average Bonchev–Trinajstić information content (AvgIpc) is 2.67. The number of phosphoric ester groups is 1. The summed E-state index contributed by atoms with van der Waals surface area (Å²) >= 11 is 0. The van der Waals surface area contributed by atoms with Gasteiger partial charge in [-0.3, -0.25) is 9.32 Å². The van der Waals surface area contributed by atoms with Gasteiger partial charge in [-0.1, -0.05) is 19.1 Å². The number of hydrogen-bond donors (Lipinski definition) is 3. The minimum absolute atomic E-state index is 0.223. The molecule has 1 aromatic rings. The molecule has 1 rings (SSSR count). The first-order chi connectivity index (χ1) is 13.4. The number of benzene rings is 1. The quantitative estimate of drug-likeness (QED) is 0.274. The first-order valence-corrected chi connectivity index (χ1v) is 10.8. The van der Waals surface area contributed by atoms with E-state index in [4.69, 9.17) is 24.0 Å². The number of nitrogens with one attached hydrogen (secondary N) is 1. The molecule has 28 heavy (non-hydrogen) atoms. The van der Waals surface area contributed by atoms with Crippen molar-refractivity contribution in [2.75, 3.05) is 46.2 Å². The number of phosphoric acid groups is 1. The molecule has 1 aromatic carbocycles. The van der Waals surface area contributed by atoms with Crippen molar-refractivity contribution in [3.8, 4) is 0 Å². The van der Waals surface area contributed by atoms with Crippen LogP contribution < -0.4 is 5.32 Å². The summed E-state index contributed by atoms with van der Waals surface area (Å²) in [6, 6.07) is 6.32. The molecule has 0 aliphatic heterocycles. The van der Waals surface area contributed by atoms with Gasteiger partial charge in [0.1, 0.15) is 0 Å². The molecule has 3 N–H and O–H groups in total. The van der Waals surface area contributed by atoms with Crippen LogP contribution in [0.25, 0.3) is 0 Å². The number of amides is 1. The average molecular weight is 419 g/mol. The van der Waals surface area contributed by atoms with Gasteiger partial charge in [0.25, 0.3) is 5.91 Å². The second kappa shape index (κ2) is 14.6. The van der Waals surface area contributed by atoms with Gasteiger partial charge in [0, 0.05) is 25.3 Å². The van der Waals surface area contributed by atoms with E-state index in [1.165, 1.54) is 0 Å². The number of rotatable bonds is 16. The minimum Gasteiger partial charge on any atom is -0.379 e. The molecule has 0 heterocycles. The summed E-state index contributed by atoms with van der Waals surface area (Å²) in [5.74, 6) is -0.224. The van der Waals surface area contributed by atoms with E-state index in [-0.39, 0.29) is 12.5 Å². The Bertz CT molecular complexity index is 590. The maximum atomic E-state index is 12.0. The summed E-state index contributed by atoms with van der Waals surface area (Å²) < 4.78 is 31.1. The van der Waals surface area contributed by atoms with Crippen LogP contribution in [0.1, 0.15) is 35.7 Å². The minimum atomic E-state index is -4.50. The molecule has 0 radical (unpaired) electrons. The van der Waals surface area contributed by atoms with Gasteiger partial charge in [0.05, 0.1) is 33.0 Å². The Morgan fingerprint density at radius 1 is 0.964 bits per heavy atom. The zero-order valence-electron chi connectivity index (χ0n) is 16.2. The Balaban J connectivity index is 2.05. The molecular formula is C18H30NO8P. The van der Waals surface area contributed by atoms with Crippen LogP contribution in [0.4, 0.5) is 0 Å². The normalized spacial score (nSPS) is 11.5. The molecule has 0 saturated heterocycles. The summed E-state index contributed by atoms with van der Waals surface area (Å²) in [7, 11) is -4.50. The molecule has 1 amide bonds. The van der Waals surface area contributed by atoms with E-state index in [1.807, 2.05) is 0 Å². The summed E-state index contributed by atoms with van der Waals surface area (Å²) in [6.07, 6.45) is 1.68. The van der Waals surface area contributed by atoms with Crippen molar-refractivity contribution in [1.29, 1.82) is 0 Å². The predicted octanol–water partition coefficient (Wildman–Crippen LogP) is 1.88. The molecule has 0 bridgehead atoms. The number of hydrogen-bond acceptors (Lipinski definition) is 6. The highest BCUT2D eigenvalue weighted by molar-refractivity contribution is 7.46. The van der Waals surface area contributed by atoms with E-state index in [0.29, 0.717) is 57.1 Å². The van der Waals surface area contributed by atoms with Crippen molar-refractivity contribution in [2.45, 2.75) is 26.4 Å². The highest BCUT2D eigenvalue weighted by atomic mass is 31.2. The van der Waals surface area contributed by atoms with Crippen LogP contribution >= 0.6 is 7.82 Å². The maximum absolute atomic E-state index is 12.0. The van der Waals surface area contributed by atoms with Gasteiger partial charge in [-0.05, 0) is 30.5 Å². The molecule has 0 aliphatic rings. The van der Waals surface area contributed by atoms with E-state index in [9.17, 15) is 9.36 Å². The molecular weight excluding hydrogens is 389 g/mol. The van der Waals surface area contributed by atoms with Gasteiger partial charge in [0.2, 0.25) is 0 Å². The number of ether oxygens (including phenoxy) is 3. The van der Waals surface area contributed by atoms with Crippen LogP contribution in [0.3, 0.4) is 0 Å². The first-order valence-electron chi connectivity index (χ1n) is 9.23. The Labute approximate surface area is 165 Å². The molecule has 0 unspecified atom stereocenters. The van der Waals surface area contributed by atoms with E-state index in [2.05, 4.69) is 16.8 Å². The van der Waals surface area contributed by atoms with Crippen molar-refractivity contribution < 1.29 is 37.9 Å². The lowest BCUT2D eigenvalue weighted by Gasteiger charge is -2.08. The molecule has 0 spiro atoms. The molecule has 9 nitrogen and oxygen atoms in total. The molecule has 0 aromatic heterocycles. The molecule has 10 heteroatoms. The summed E-state index contributed by atoms with van der Waals surface area (Å²) in [5.41, 5.74) is 1.02. The van der Waals surface area contributed by atoms with Crippen LogP contribution in [-0.2, 0) is 29.9 Å². The fraction of sp³-hybridized carbons (Fsp3) is 0.611. The Kier molecular flexibility index (Phi) is 12.9. The van der Waals surface area contributed by atoms with Crippen LogP contribution in [0.5, 0.6) is 0 Å². The standard InChI is InChI=1S/C18H30NO8P/c1-2-9-24-11-13-26-14-12-25-10-3-8-19-18(20)17-6-4-16(5-7-17)15-27-28(21,22)23/h4-7H,2-3,8-15H2,1H3,(H,19,20)(H2,21,22,23). The second-order valence-electron chi connectivity index (χ2n) is 5.91. The van der Waals surface area contributed by atoms with Gasteiger partial charge in [-0.2, -0.15) is 0 Å². The monoisotopic (exact) mass is 419 g/mol. The van der Waals surface area contributed by atoms with Crippen molar-refractivity contribution in [1.82, 2.24) is 5.32 Å². The lowest BCUT2D eigenvalue weighted by Crippen LogP contribution is -2.25. The fourth-order valence-corrected chi connectivity index (χ4v) is 2.39. The van der Waals surface area contributed by atoms with E-state index < -0.39 is 7.82 Å². The lowest BCUT2D eigenvalue weighted by atomic mass is 10.1. The van der Waals surface area contributed by atoms with Crippen molar-refractivity contribution >= 4 is 13.7 Å². The van der Waals surface area contributed by atoms with Crippen molar-refractivity contribution in [3.05, 3.63) is 35.4 Å². The molecule has 0 aliphatic carbocycles. The van der Waals surface area contributed by atoms with E-state index in [1.54, 1.807) is 24.3 Å². The van der Waals surface area contributed by atoms with Gasteiger partial charge >= 0.3 is 7.82 Å². The van der Waals surface area contributed by atoms with Gasteiger partial charge in [0.15, 0.2) is 0 Å². The second-order valence-corrected chi connectivity index (χ2v) is 7.15. The predicted molar refractivity (Wildman–Crippen MR) is 103 cm³/mol. The Hall–Kier alpha value is -1.32. The lowest BCUT2D eigenvalue weighted by molar-refractivity contribution is 0.0143. The van der Waals surface area contributed by atoms with Crippen LogP contribution in [0, 0.1) is 0 Å². The SMILES string of the molecule is CCCOCCOCCOCCCNC(=O)c1ccc(COP(=O)(O)O)cc1. The van der Waals surface area contributed by atoms with E-state index >= 15 is 0 Å². The van der Waals surface area contributed by atoms with Gasteiger partial charge < -0.3 is 29.3 Å². The molecule has 0 atom stereocenters. The topological polar surface area (TPSA) is 124 Å². The van der Waals surface area contributed by atoms with Gasteiger partial charge in [-0.15, -0.1) is 0 Å². The van der Waals surface area contributed by atoms with Crippen LogP contribution in [0.15, 0.2) is 24.3 Å². The zero-order chi connectivity index (χ0) is 20.7. The van der Waals surface area contributed by atoms with Crippen molar-refractivity contribution in [2.24, 2.45) is 0 Å². The third kappa shape index (κ3) is 13.0. The Morgan fingerprint density at radius 3 is 2.11 bits per heavy atom. The highest BCUT2D eigenvalue weighted by Crippen LogP contribution is 2.36. The smallest absolute Gasteiger partial charge is 0.379 e. The molecule has 0 saturated carbocycles. The zero-order valence-corrected chi connectivity index (χ0v) is 17.1. The Morgan fingerprint density at radius 2 is 1.54 bits per heavy atom. The molecule has 160 valence electrons. The van der Waals surface area contributed by atoms with Gasteiger partial charge in [-0.25, -0.2) is 4.57 Å². The highest BCUT2D eigenvalue weighted by Gasteiger charge is 2.13. The number of carbonyl (C=O) groups is 1. The first kappa shape index (κ1) is 24.7. The summed E-state index contributed by atoms with van der Waals surface area (Å²) in [5, 5.41) is 2.78. The largest absolute Gasteiger partial charge is 0.469 e. The van der Waals surface area contributed by atoms with E-state index in [0.717, 1.165) is 13.0 Å². The maximum Gasteiger partial charge on any atom is 0.469 e. The van der Waals surface area contributed by atoms with Crippen LogP contribution in [0.2, 0.25) is 0 Å².